The van der Waals surface area contributed by atoms with Gasteiger partial charge in [-0.25, -0.2) is 0 Å². The molecule has 0 N–H and O–H groups in total. The molecule has 0 spiro atoms. The Morgan fingerprint density at radius 3 is 2.62 bits per heavy atom. The summed E-state index contributed by atoms with van der Waals surface area (Å²) in [6, 6.07) is 5.64. The van der Waals surface area contributed by atoms with E-state index in [1.807, 2.05) is 25.1 Å². The Kier molecular flexibility index (Phi) is 6.68. The minimum absolute atomic E-state index is 0.0773. The predicted molar refractivity (Wildman–Crippen MR) is 83.2 cm³/mol. The Bertz CT molecular complexity index is 518. The van der Waals surface area contributed by atoms with Crippen molar-refractivity contribution >= 4 is 27.8 Å². The van der Waals surface area contributed by atoms with Crippen LogP contribution in [0.15, 0.2) is 22.7 Å². The first-order valence-corrected chi connectivity index (χ1v) is 7.35. The lowest BCUT2D eigenvalue weighted by Crippen LogP contribution is -2.37. The van der Waals surface area contributed by atoms with Crippen molar-refractivity contribution in [1.82, 2.24) is 4.90 Å². The molecule has 0 aliphatic rings. The van der Waals surface area contributed by atoms with Gasteiger partial charge in [-0.3, -0.25) is 9.59 Å². The number of nitrogens with zero attached hydrogens (tertiary/aromatic N) is 1. The van der Waals surface area contributed by atoms with E-state index in [4.69, 9.17) is 4.74 Å². The number of rotatable bonds is 6. The Morgan fingerprint density at radius 2 is 2.05 bits per heavy atom. The van der Waals surface area contributed by atoms with Crippen molar-refractivity contribution < 1.29 is 19.1 Å². The molecule has 0 aliphatic heterocycles. The maximum atomic E-state index is 12.0. The van der Waals surface area contributed by atoms with E-state index in [1.165, 1.54) is 12.0 Å². The molecule has 0 bridgehead atoms. The Hall–Kier alpha value is -1.56. The van der Waals surface area contributed by atoms with E-state index < -0.39 is 0 Å². The third kappa shape index (κ3) is 5.38. The normalized spacial score (nSPS) is 11.7. The fourth-order valence-electron chi connectivity index (χ4n) is 1.76. The second-order valence-corrected chi connectivity index (χ2v) is 5.78. The highest BCUT2D eigenvalue weighted by molar-refractivity contribution is 9.10. The maximum Gasteiger partial charge on any atom is 0.310 e. The monoisotopic (exact) mass is 357 g/mol. The molecule has 0 aromatic heterocycles. The molecule has 1 aromatic rings. The maximum absolute atomic E-state index is 12.0. The van der Waals surface area contributed by atoms with E-state index >= 15 is 0 Å². The lowest BCUT2D eigenvalue weighted by Gasteiger charge is -2.20. The van der Waals surface area contributed by atoms with Crippen LogP contribution in [0.5, 0.6) is 5.75 Å². The standard InChI is InChI=1S/C15H20BrNO4/c1-10-5-6-13(12(16)7-10)21-9-14(18)17(3)8-11(2)15(19)20-4/h5-7,11H,8-9H2,1-4H3. The molecular formula is C15H20BrNO4. The summed E-state index contributed by atoms with van der Waals surface area (Å²) in [5.41, 5.74) is 1.10. The number of aryl methyl sites for hydroxylation is 1. The van der Waals surface area contributed by atoms with Crippen molar-refractivity contribution in [3.8, 4) is 5.75 Å². The number of hydrogen-bond donors (Lipinski definition) is 0. The molecule has 21 heavy (non-hydrogen) atoms. The highest BCUT2D eigenvalue weighted by Crippen LogP contribution is 2.25. The van der Waals surface area contributed by atoms with Gasteiger partial charge in [0, 0.05) is 13.6 Å². The van der Waals surface area contributed by atoms with Gasteiger partial charge in [-0.05, 0) is 40.5 Å². The third-order valence-corrected chi connectivity index (χ3v) is 3.64. The third-order valence-electron chi connectivity index (χ3n) is 3.02. The van der Waals surface area contributed by atoms with Crippen molar-refractivity contribution in [2.45, 2.75) is 13.8 Å². The molecule has 116 valence electrons. The summed E-state index contributed by atoms with van der Waals surface area (Å²) in [5.74, 6) is -0.284. The van der Waals surface area contributed by atoms with Crippen LogP contribution in [-0.4, -0.2) is 44.1 Å². The van der Waals surface area contributed by atoms with Crippen molar-refractivity contribution in [2.75, 3.05) is 27.3 Å². The number of hydrogen-bond acceptors (Lipinski definition) is 4. The largest absolute Gasteiger partial charge is 0.483 e. The predicted octanol–water partition coefficient (Wildman–Crippen LogP) is 2.40. The average Bonchev–Trinajstić information content (AvgIpc) is 2.44. The summed E-state index contributed by atoms with van der Waals surface area (Å²) < 4.78 is 10.9. The van der Waals surface area contributed by atoms with Gasteiger partial charge in [-0.1, -0.05) is 13.0 Å². The zero-order valence-electron chi connectivity index (χ0n) is 12.7. The van der Waals surface area contributed by atoms with Crippen molar-refractivity contribution in [3.05, 3.63) is 28.2 Å². The fraction of sp³-hybridized carbons (Fsp3) is 0.467. The first kappa shape index (κ1) is 17.5. The number of esters is 1. The summed E-state index contributed by atoms with van der Waals surface area (Å²) in [5, 5.41) is 0. The number of ether oxygens (including phenoxy) is 2. The number of methoxy groups -OCH3 is 1. The summed E-state index contributed by atoms with van der Waals surface area (Å²) in [6.07, 6.45) is 0. The van der Waals surface area contributed by atoms with Gasteiger partial charge >= 0.3 is 5.97 Å². The van der Waals surface area contributed by atoms with Gasteiger partial charge in [0.1, 0.15) is 5.75 Å². The highest BCUT2D eigenvalue weighted by atomic mass is 79.9. The van der Waals surface area contributed by atoms with Crippen LogP contribution in [0, 0.1) is 12.8 Å². The molecule has 0 aliphatic carbocycles. The first-order chi connectivity index (χ1) is 9.85. The number of carbonyl (C=O) groups excluding carboxylic acids is 2. The number of carbonyl (C=O) groups is 2. The lowest BCUT2D eigenvalue weighted by molar-refractivity contribution is -0.146. The molecule has 6 heteroatoms. The smallest absolute Gasteiger partial charge is 0.310 e. The molecule has 0 saturated carbocycles. The summed E-state index contributed by atoms with van der Waals surface area (Å²) >= 11 is 3.39. The van der Waals surface area contributed by atoms with Gasteiger partial charge < -0.3 is 14.4 Å². The molecule has 1 atom stereocenters. The zero-order chi connectivity index (χ0) is 16.0. The Labute approximate surface area is 133 Å². The van der Waals surface area contributed by atoms with Gasteiger partial charge in [-0.15, -0.1) is 0 Å². The zero-order valence-corrected chi connectivity index (χ0v) is 14.3. The quantitative estimate of drug-likeness (QED) is 0.733. The van der Waals surface area contributed by atoms with E-state index in [0.29, 0.717) is 12.3 Å². The Balaban J connectivity index is 2.51. The number of benzene rings is 1. The van der Waals surface area contributed by atoms with Gasteiger partial charge in [0.2, 0.25) is 0 Å². The number of likely N-dealkylation sites (N-methyl/N-ethyl adjacent to an activating group) is 1. The summed E-state index contributed by atoms with van der Waals surface area (Å²) in [7, 11) is 2.97. The molecular weight excluding hydrogens is 338 g/mol. The van der Waals surface area contributed by atoms with Crippen molar-refractivity contribution in [1.29, 1.82) is 0 Å². The van der Waals surface area contributed by atoms with Crippen LogP contribution in [0.1, 0.15) is 12.5 Å². The molecule has 0 saturated heterocycles. The van der Waals surface area contributed by atoms with Crippen molar-refractivity contribution in [3.63, 3.8) is 0 Å². The molecule has 0 heterocycles. The Morgan fingerprint density at radius 1 is 1.38 bits per heavy atom. The van der Waals surface area contributed by atoms with Crippen LogP contribution < -0.4 is 4.74 Å². The molecule has 0 fully saturated rings. The SMILES string of the molecule is COC(=O)C(C)CN(C)C(=O)COc1ccc(C)cc1Br. The van der Waals surface area contributed by atoms with Crippen LogP contribution in [0.2, 0.25) is 0 Å². The fourth-order valence-corrected chi connectivity index (χ4v) is 2.37. The first-order valence-electron chi connectivity index (χ1n) is 6.56. The van der Waals surface area contributed by atoms with Gasteiger partial charge in [0.15, 0.2) is 6.61 Å². The van der Waals surface area contributed by atoms with Crippen LogP contribution in [0.4, 0.5) is 0 Å². The van der Waals surface area contributed by atoms with E-state index in [0.717, 1.165) is 10.0 Å². The van der Waals surface area contributed by atoms with Crippen LogP contribution in [-0.2, 0) is 14.3 Å². The molecule has 1 aromatic carbocycles. The van der Waals surface area contributed by atoms with Crippen LogP contribution in [0.25, 0.3) is 0 Å². The second kappa shape index (κ2) is 8.02. The van der Waals surface area contributed by atoms with Crippen LogP contribution >= 0.6 is 15.9 Å². The lowest BCUT2D eigenvalue weighted by atomic mass is 10.2. The van der Waals surface area contributed by atoms with Gasteiger partial charge in [0.05, 0.1) is 17.5 Å². The summed E-state index contributed by atoms with van der Waals surface area (Å²) in [4.78, 5) is 24.8. The minimum Gasteiger partial charge on any atom is -0.483 e. The minimum atomic E-state index is -0.366. The molecule has 1 amide bonds. The van der Waals surface area contributed by atoms with Crippen molar-refractivity contribution in [2.24, 2.45) is 5.92 Å². The number of halogens is 1. The molecule has 1 rings (SSSR count). The van der Waals surface area contributed by atoms with E-state index in [9.17, 15) is 9.59 Å². The number of amides is 1. The topological polar surface area (TPSA) is 55.8 Å². The van der Waals surface area contributed by atoms with Gasteiger partial charge in [-0.2, -0.15) is 0 Å². The highest BCUT2D eigenvalue weighted by Gasteiger charge is 2.19. The van der Waals surface area contributed by atoms with E-state index in [1.54, 1.807) is 14.0 Å². The summed E-state index contributed by atoms with van der Waals surface area (Å²) in [6.45, 7) is 3.91. The second-order valence-electron chi connectivity index (χ2n) is 4.92. The van der Waals surface area contributed by atoms with E-state index in [2.05, 4.69) is 20.7 Å². The molecule has 1 unspecified atom stereocenters. The average molecular weight is 358 g/mol. The van der Waals surface area contributed by atoms with Crippen LogP contribution in [0.3, 0.4) is 0 Å². The van der Waals surface area contributed by atoms with E-state index in [-0.39, 0.29) is 24.4 Å². The molecule has 5 nitrogen and oxygen atoms in total. The molecule has 0 radical (unpaired) electrons. The van der Waals surface area contributed by atoms with Gasteiger partial charge in [0.25, 0.3) is 5.91 Å².